The number of hydrogen-bond acceptors (Lipinski definition) is 5. The molecule has 3 aromatic rings. The number of anilines is 2. The van der Waals surface area contributed by atoms with Crippen molar-refractivity contribution >= 4 is 11.6 Å². The van der Waals surface area contributed by atoms with Gasteiger partial charge in [-0.2, -0.15) is 5.10 Å². The van der Waals surface area contributed by atoms with Gasteiger partial charge >= 0.3 is 0 Å². The molecule has 6 heteroatoms. The van der Waals surface area contributed by atoms with Crippen LogP contribution in [-0.4, -0.2) is 37.7 Å². The summed E-state index contributed by atoms with van der Waals surface area (Å²) in [6, 6.07) is 12.1. The number of rotatable bonds is 6. The van der Waals surface area contributed by atoms with Crippen molar-refractivity contribution in [3.05, 3.63) is 66.2 Å². The molecule has 1 aliphatic rings. The van der Waals surface area contributed by atoms with Crippen molar-refractivity contribution in [2.75, 3.05) is 18.4 Å². The highest BCUT2D eigenvalue weighted by Crippen LogP contribution is 2.27. The van der Waals surface area contributed by atoms with Gasteiger partial charge in [-0.15, -0.1) is 0 Å². The maximum absolute atomic E-state index is 4.86. The first kappa shape index (κ1) is 17.7. The van der Waals surface area contributed by atoms with E-state index in [1.165, 1.54) is 18.4 Å². The monoisotopic (exact) mass is 362 g/mol. The lowest BCUT2D eigenvalue weighted by atomic mass is 9.94. The fourth-order valence-electron chi connectivity index (χ4n) is 3.68. The topological polar surface area (TPSA) is 58.9 Å². The molecule has 0 spiro atoms. The Morgan fingerprint density at radius 2 is 2.07 bits per heavy atom. The molecular formula is C21H26N6. The molecule has 0 aromatic carbocycles. The van der Waals surface area contributed by atoms with Gasteiger partial charge in [0, 0.05) is 49.2 Å². The Hall–Kier alpha value is -2.73. The number of aromatic nitrogens is 4. The largest absolute Gasteiger partial charge is 0.325 e. The summed E-state index contributed by atoms with van der Waals surface area (Å²) >= 11 is 0. The van der Waals surface area contributed by atoms with Crippen LogP contribution in [0.5, 0.6) is 0 Å². The van der Waals surface area contributed by atoms with Gasteiger partial charge in [-0.3, -0.25) is 9.58 Å². The second-order valence-corrected chi connectivity index (χ2v) is 7.07. The Labute approximate surface area is 160 Å². The van der Waals surface area contributed by atoms with Crippen molar-refractivity contribution < 1.29 is 0 Å². The average molecular weight is 362 g/mol. The van der Waals surface area contributed by atoms with E-state index >= 15 is 0 Å². The second-order valence-electron chi connectivity index (χ2n) is 7.07. The van der Waals surface area contributed by atoms with Crippen molar-refractivity contribution in [1.82, 2.24) is 24.6 Å². The second kappa shape index (κ2) is 8.31. The molecule has 1 unspecified atom stereocenters. The van der Waals surface area contributed by atoms with E-state index in [2.05, 4.69) is 45.6 Å². The summed E-state index contributed by atoms with van der Waals surface area (Å²) in [5, 5.41) is 7.69. The van der Waals surface area contributed by atoms with Crippen molar-refractivity contribution in [1.29, 1.82) is 0 Å². The highest BCUT2D eigenvalue weighted by molar-refractivity contribution is 5.51. The highest BCUT2D eigenvalue weighted by Gasteiger charge is 2.23. The number of nitrogens with one attached hydrogen (secondary N) is 1. The highest BCUT2D eigenvalue weighted by atomic mass is 15.3. The van der Waals surface area contributed by atoms with Crippen LogP contribution in [-0.2, 0) is 13.1 Å². The number of hydrogen-bond donors (Lipinski definition) is 1. The van der Waals surface area contributed by atoms with Crippen molar-refractivity contribution in [2.24, 2.45) is 0 Å². The molecule has 0 amide bonds. The van der Waals surface area contributed by atoms with E-state index < -0.39 is 0 Å². The van der Waals surface area contributed by atoms with Crippen LogP contribution >= 0.6 is 0 Å². The first-order valence-corrected chi connectivity index (χ1v) is 9.69. The van der Waals surface area contributed by atoms with Gasteiger partial charge in [-0.1, -0.05) is 12.1 Å². The van der Waals surface area contributed by atoms with Crippen LogP contribution in [0.15, 0.2) is 55.0 Å². The molecule has 1 saturated heterocycles. The molecule has 27 heavy (non-hydrogen) atoms. The zero-order chi connectivity index (χ0) is 18.5. The van der Waals surface area contributed by atoms with E-state index in [-0.39, 0.29) is 0 Å². The van der Waals surface area contributed by atoms with E-state index in [0.717, 1.165) is 43.5 Å². The molecule has 1 atom stereocenters. The molecule has 1 aliphatic heterocycles. The summed E-state index contributed by atoms with van der Waals surface area (Å²) < 4.78 is 1.99. The third-order valence-corrected chi connectivity index (χ3v) is 5.03. The molecular weight excluding hydrogens is 336 g/mol. The van der Waals surface area contributed by atoms with Gasteiger partial charge in [0.15, 0.2) is 0 Å². The molecule has 1 fully saturated rings. The van der Waals surface area contributed by atoms with E-state index in [0.29, 0.717) is 5.92 Å². The molecule has 0 radical (unpaired) electrons. The van der Waals surface area contributed by atoms with Crippen LogP contribution in [0.2, 0.25) is 0 Å². The third kappa shape index (κ3) is 4.52. The molecule has 140 valence electrons. The summed E-state index contributed by atoms with van der Waals surface area (Å²) in [4.78, 5) is 11.7. The summed E-state index contributed by atoms with van der Waals surface area (Å²) in [7, 11) is 0. The predicted molar refractivity (Wildman–Crippen MR) is 107 cm³/mol. The SMILES string of the molecule is CCn1cc(CN2CCCC(c3cccc(Nc4ccccn4)n3)C2)cn1. The smallest absolute Gasteiger partial charge is 0.131 e. The van der Waals surface area contributed by atoms with Gasteiger partial charge in [0.25, 0.3) is 0 Å². The maximum atomic E-state index is 4.86. The lowest BCUT2D eigenvalue weighted by molar-refractivity contribution is 0.198. The average Bonchev–Trinajstić information content (AvgIpc) is 3.17. The lowest BCUT2D eigenvalue weighted by Gasteiger charge is -2.32. The van der Waals surface area contributed by atoms with Crippen LogP contribution in [0.1, 0.15) is 36.9 Å². The number of piperidine rings is 1. The number of pyridine rings is 2. The van der Waals surface area contributed by atoms with Gasteiger partial charge in [0.2, 0.25) is 0 Å². The summed E-state index contributed by atoms with van der Waals surface area (Å²) in [5.41, 5.74) is 2.45. The lowest BCUT2D eigenvalue weighted by Crippen LogP contribution is -2.34. The molecule has 4 heterocycles. The minimum Gasteiger partial charge on any atom is -0.325 e. The Bertz CT molecular complexity index is 860. The Balaban J connectivity index is 1.42. The first-order valence-electron chi connectivity index (χ1n) is 9.69. The fraction of sp³-hybridized carbons (Fsp3) is 0.381. The summed E-state index contributed by atoms with van der Waals surface area (Å²) in [6.07, 6.45) is 8.31. The van der Waals surface area contributed by atoms with Gasteiger partial charge in [-0.05, 0) is 50.6 Å². The first-order chi connectivity index (χ1) is 13.3. The molecule has 1 N–H and O–H groups in total. The summed E-state index contributed by atoms with van der Waals surface area (Å²) in [5.74, 6) is 2.14. The minimum absolute atomic E-state index is 0.463. The van der Waals surface area contributed by atoms with Crippen LogP contribution in [0, 0.1) is 0 Å². The van der Waals surface area contributed by atoms with Crippen LogP contribution in [0.4, 0.5) is 11.6 Å². The fourth-order valence-corrected chi connectivity index (χ4v) is 3.68. The van der Waals surface area contributed by atoms with E-state index in [1.54, 1.807) is 6.20 Å². The standard InChI is InChI=1S/C21H26N6/c1-2-27-15-17(13-23-27)14-26-12-6-7-18(16-26)19-8-5-10-21(24-19)25-20-9-3-4-11-22-20/h3-5,8-11,13,15,18H,2,6-7,12,14,16H2,1H3,(H,22,24,25). The Kier molecular flexibility index (Phi) is 5.44. The van der Waals surface area contributed by atoms with Crippen LogP contribution in [0.25, 0.3) is 0 Å². The van der Waals surface area contributed by atoms with Gasteiger partial charge < -0.3 is 5.32 Å². The predicted octanol–water partition coefficient (Wildman–Crippen LogP) is 3.82. The molecule has 0 aliphatic carbocycles. The van der Waals surface area contributed by atoms with E-state index in [4.69, 9.17) is 4.98 Å². The van der Waals surface area contributed by atoms with Crippen LogP contribution in [0.3, 0.4) is 0 Å². The van der Waals surface area contributed by atoms with Gasteiger partial charge in [-0.25, -0.2) is 9.97 Å². The zero-order valence-electron chi connectivity index (χ0n) is 15.8. The number of nitrogens with zero attached hydrogens (tertiary/aromatic N) is 5. The number of aryl methyl sites for hydroxylation is 1. The minimum atomic E-state index is 0.463. The van der Waals surface area contributed by atoms with Crippen molar-refractivity contribution in [3.63, 3.8) is 0 Å². The quantitative estimate of drug-likeness (QED) is 0.722. The van der Waals surface area contributed by atoms with Crippen molar-refractivity contribution in [2.45, 2.75) is 38.8 Å². The van der Waals surface area contributed by atoms with Crippen LogP contribution < -0.4 is 5.32 Å². The molecule has 0 bridgehead atoms. The molecule has 3 aromatic heterocycles. The third-order valence-electron chi connectivity index (χ3n) is 5.03. The Morgan fingerprint density at radius 3 is 2.89 bits per heavy atom. The maximum Gasteiger partial charge on any atom is 0.131 e. The van der Waals surface area contributed by atoms with Crippen molar-refractivity contribution in [3.8, 4) is 0 Å². The van der Waals surface area contributed by atoms with E-state index in [1.807, 2.05) is 35.1 Å². The zero-order valence-corrected chi connectivity index (χ0v) is 15.8. The Morgan fingerprint density at radius 1 is 1.15 bits per heavy atom. The summed E-state index contributed by atoms with van der Waals surface area (Å²) in [6.45, 7) is 6.17. The van der Waals surface area contributed by atoms with E-state index in [9.17, 15) is 0 Å². The van der Waals surface area contributed by atoms with Gasteiger partial charge in [0.05, 0.1) is 6.20 Å². The normalized spacial score (nSPS) is 17.7. The number of likely N-dealkylation sites (tertiary alicyclic amines) is 1. The molecule has 4 rings (SSSR count). The van der Waals surface area contributed by atoms with Gasteiger partial charge in [0.1, 0.15) is 11.6 Å². The molecule has 6 nitrogen and oxygen atoms in total. The molecule has 0 saturated carbocycles.